The fourth-order valence-corrected chi connectivity index (χ4v) is 2.52. The summed E-state index contributed by atoms with van der Waals surface area (Å²) >= 11 is 12.1. The van der Waals surface area contributed by atoms with Crippen LogP contribution < -0.4 is 0 Å². The third-order valence-corrected chi connectivity index (χ3v) is 3.99. The molecule has 5 nitrogen and oxygen atoms in total. The van der Waals surface area contributed by atoms with E-state index in [9.17, 15) is 4.79 Å². The number of aromatic nitrogens is 3. The number of esters is 1. The summed E-state index contributed by atoms with van der Waals surface area (Å²) in [4.78, 5) is 16.4. The van der Waals surface area contributed by atoms with Gasteiger partial charge >= 0.3 is 5.97 Å². The first-order valence-electron chi connectivity index (χ1n) is 6.41. The number of ether oxygens (including phenoxy) is 1. The van der Waals surface area contributed by atoms with Gasteiger partial charge in [0.2, 0.25) is 0 Å². The summed E-state index contributed by atoms with van der Waals surface area (Å²) in [7, 11) is 1.30. The van der Waals surface area contributed by atoms with Crippen LogP contribution in [0.3, 0.4) is 0 Å². The lowest BCUT2D eigenvalue weighted by Gasteiger charge is -2.08. The molecule has 0 aliphatic carbocycles. The van der Waals surface area contributed by atoms with Gasteiger partial charge in [-0.1, -0.05) is 35.3 Å². The molecule has 0 aliphatic heterocycles. The topological polar surface area (TPSA) is 56.5 Å². The highest BCUT2D eigenvalue weighted by Crippen LogP contribution is 2.29. The van der Waals surface area contributed by atoms with Crippen molar-refractivity contribution in [2.24, 2.45) is 0 Å². The smallest absolute Gasteiger partial charge is 0.358 e. The van der Waals surface area contributed by atoms with Gasteiger partial charge in [-0.2, -0.15) is 5.10 Å². The third kappa shape index (κ3) is 2.32. The van der Waals surface area contributed by atoms with Gasteiger partial charge in [0.25, 0.3) is 0 Å². The molecule has 0 atom stereocenters. The average molecular weight is 336 g/mol. The van der Waals surface area contributed by atoms with E-state index < -0.39 is 5.97 Å². The van der Waals surface area contributed by atoms with Crippen molar-refractivity contribution in [1.29, 1.82) is 0 Å². The van der Waals surface area contributed by atoms with Crippen LogP contribution >= 0.6 is 23.2 Å². The Morgan fingerprint density at radius 3 is 2.55 bits per heavy atom. The van der Waals surface area contributed by atoms with Gasteiger partial charge < -0.3 is 4.74 Å². The minimum atomic E-state index is -0.564. The summed E-state index contributed by atoms with van der Waals surface area (Å²) < 4.78 is 6.18. The number of rotatable bonds is 2. The van der Waals surface area contributed by atoms with Crippen LogP contribution in [0.15, 0.2) is 30.5 Å². The lowest BCUT2D eigenvalue weighted by molar-refractivity contribution is 0.0590. The number of halogens is 2. The second kappa shape index (κ2) is 5.59. The normalized spacial score (nSPS) is 10.9. The first-order valence-corrected chi connectivity index (χ1v) is 7.16. The highest BCUT2D eigenvalue weighted by atomic mass is 35.5. The Hall–Kier alpha value is -2.11. The van der Waals surface area contributed by atoms with E-state index in [1.807, 2.05) is 12.1 Å². The number of methoxy groups -OCH3 is 1. The van der Waals surface area contributed by atoms with E-state index in [-0.39, 0.29) is 10.7 Å². The van der Waals surface area contributed by atoms with Gasteiger partial charge in [0.1, 0.15) is 0 Å². The van der Waals surface area contributed by atoms with Crippen molar-refractivity contribution in [2.75, 3.05) is 7.11 Å². The van der Waals surface area contributed by atoms with E-state index in [1.165, 1.54) is 11.6 Å². The van der Waals surface area contributed by atoms with Crippen LogP contribution in [0.5, 0.6) is 0 Å². The zero-order valence-corrected chi connectivity index (χ0v) is 13.3. The van der Waals surface area contributed by atoms with Crippen LogP contribution in [-0.2, 0) is 4.74 Å². The van der Waals surface area contributed by atoms with E-state index in [0.29, 0.717) is 16.4 Å². The molecule has 0 fully saturated rings. The summed E-state index contributed by atoms with van der Waals surface area (Å²) in [5, 5.41) is 5.09. The monoisotopic (exact) mass is 335 g/mol. The second-order valence-electron chi connectivity index (χ2n) is 4.65. The molecule has 0 bridgehead atoms. The van der Waals surface area contributed by atoms with E-state index in [1.54, 1.807) is 25.3 Å². The van der Waals surface area contributed by atoms with E-state index in [0.717, 1.165) is 11.1 Å². The standard InChI is InChI=1S/C15H11Cl2N3O2/c1-8-12(17)13(15(21)22-2)20-14(19-8)11(7-18-20)9-3-5-10(16)6-4-9/h3-7H,1-2H3. The predicted octanol–water partition coefficient (Wildman–Crippen LogP) is 3.80. The number of nitrogens with zero attached hydrogens (tertiary/aromatic N) is 3. The van der Waals surface area contributed by atoms with Crippen molar-refractivity contribution >= 4 is 34.8 Å². The molecule has 112 valence electrons. The first-order chi connectivity index (χ1) is 10.5. The molecular weight excluding hydrogens is 325 g/mol. The second-order valence-corrected chi connectivity index (χ2v) is 5.47. The first kappa shape index (κ1) is 14.8. The zero-order valence-electron chi connectivity index (χ0n) is 11.8. The highest BCUT2D eigenvalue weighted by Gasteiger charge is 2.21. The molecule has 0 saturated carbocycles. The highest BCUT2D eigenvalue weighted by molar-refractivity contribution is 6.34. The maximum Gasteiger partial charge on any atom is 0.358 e. The minimum Gasteiger partial charge on any atom is -0.464 e. The Kier molecular flexibility index (Phi) is 3.76. The molecule has 0 spiro atoms. The van der Waals surface area contributed by atoms with E-state index >= 15 is 0 Å². The van der Waals surface area contributed by atoms with Crippen molar-refractivity contribution in [3.8, 4) is 11.1 Å². The molecule has 7 heteroatoms. The van der Waals surface area contributed by atoms with Crippen LogP contribution in [0.2, 0.25) is 10.0 Å². The van der Waals surface area contributed by atoms with Gasteiger partial charge in [0, 0.05) is 10.6 Å². The molecule has 2 heterocycles. The molecule has 0 N–H and O–H groups in total. The van der Waals surface area contributed by atoms with Gasteiger partial charge in [-0.05, 0) is 24.6 Å². The molecule has 2 aromatic heterocycles. The van der Waals surface area contributed by atoms with Crippen molar-refractivity contribution in [3.05, 3.63) is 51.9 Å². The number of benzene rings is 1. The summed E-state index contributed by atoms with van der Waals surface area (Å²) in [5.41, 5.74) is 2.90. The molecule has 0 aliphatic rings. The number of hydrogen-bond donors (Lipinski definition) is 0. The minimum absolute atomic E-state index is 0.159. The zero-order chi connectivity index (χ0) is 15.9. The van der Waals surface area contributed by atoms with E-state index in [4.69, 9.17) is 27.9 Å². The number of hydrogen-bond acceptors (Lipinski definition) is 4. The summed E-state index contributed by atoms with van der Waals surface area (Å²) in [6, 6.07) is 7.29. The Labute approximate surface area is 136 Å². The predicted molar refractivity (Wildman–Crippen MR) is 84.5 cm³/mol. The van der Waals surface area contributed by atoms with Crippen LogP contribution in [0.4, 0.5) is 0 Å². The lowest BCUT2D eigenvalue weighted by Crippen LogP contribution is -2.12. The van der Waals surface area contributed by atoms with Crippen molar-refractivity contribution < 1.29 is 9.53 Å². The molecule has 22 heavy (non-hydrogen) atoms. The van der Waals surface area contributed by atoms with Gasteiger partial charge in [0.15, 0.2) is 11.3 Å². The fourth-order valence-electron chi connectivity index (χ4n) is 2.19. The molecule has 0 unspecified atom stereocenters. The Morgan fingerprint density at radius 1 is 1.23 bits per heavy atom. The van der Waals surface area contributed by atoms with Crippen LogP contribution in [-0.4, -0.2) is 27.7 Å². The Bertz CT molecular complexity index is 873. The lowest BCUT2D eigenvalue weighted by atomic mass is 10.1. The molecule has 3 aromatic rings. The van der Waals surface area contributed by atoms with Crippen LogP contribution in [0, 0.1) is 6.92 Å². The van der Waals surface area contributed by atoms with Crippen LogP contribution in [0.25, 0.3) is 16.8 Å². The fraction of sp³-hybridized carbons (Fsp3) is 0.133. The van der Waals surface area contributed by atoms with Gasteiger partial charge in [0.05, 0.1) is 24.0 Å². The summed E-state index contributed by atoms with van der Waals surface area (Å²) in [6.07, 6.45) is 1.63. The Morgan fingerprint density at radius 2 is 1.91 bits per heavy atom. The van der Waals surface area contributed by atoms with Crippen molar-refractivity contribution in [1.82, 2.24) is 14.6 Å². The number of fused-ring (bicyclic) bond motifs is 1. The van der Waals surface area contributed by atoms with E-state index in [2.05, 4.69) is 10.1 Å². The molecule has 3 rings (SSSR count). The largest absolute Gasteiger partial charge is 0.464 e. The maximum atomic E-state index is 12.0. The molecular formula is C15H11Cl2N3O2. The van der Waals surface area contributed by atoms with Gasteiger partial charge in [-0.25, -0.2) is 14.3 Å². The van der Waals surface area contributed by atoms with Gasteiger partial charge in [-0.15, -0.1) is 0 Å². The molecule has 0 radical (unpaired) electrons. The number of carbonyl (C=O) groups excluding carboxylic acids is 1. The number of carbonyl (C=O) groups is 1. The quantitative estimate of drug-likeness (QED) is 0.668. The molecule has 0 amide bonds. The van der Waals surface area contributed by atoms with Crippen molar-refractivity contribution in [3.63, 3.8) is 0 Å². The summed E-state index contributed by atoms with van der Waals surface area (Å²) in [5.74, 6) is -0.564. The number of aryl methyl sites for hydroxylation is 1. The maximum absolute atomic E-state index is 12.0. The average Bonchev–Trinajstić information content (AvgIpc) is 2.91. The van der Waals surface area contributed by atoms with Gasteiger partial charge in [-0.3, -0.25) is 0 Å². The third-order valence-electron chi connectivity index (χ3n) is 3.29. The van der Waals surface area contributed by atoms with Crippen molar-refractivity contribution in [2.45, 2.75) is 6.92 Å². The molecule has 0 saturated heterocycles. The van der Waals surface area contributed by atoms with Crippen LogP contribution in [0.1, 0.15) is 16.2 Å². The SMILES string of the molecule is COC(=O)c1c(Cl)c(C)nc2c(-c3ccc(Cl)cc3)cnn12. The molecule has 1 aromatic carbocycles. The summed E-state index contributed by atoms with van der Waals surface area (Å²) in [6.45, 7) is 1.73. The Balaban J connectivity index is 2.30.